The van der Waals surface area contributed by atoms with Crippen LogP contribution in [-0.4, -0.2) is 33.6 Å². The van der Waals surface area contributed by atoms with E-state index in [-0.39, 0.29) is 22.2 Å². The molecule has 1 amide bonds. The largest absolute Gasteiger partial charge is 0.416 e. The SMILES string of the molecule is O=C(NCc1ccnc(Cl)c1)n1c2c(c3ccc(C(F)(F)F)cc31)CN(C/C=C/c1ccc(F)c(Cl)c1)CC2. The number of benzene rings is 2. The number of rotatable bonds is 5. The van der Waals surface area contributed by atoms with Gasteiger partial charge in [-0.15, -0.1) is 0 Å². The fraction of sp³-hybridized carbons (Fsp3) is 0.214. The molecule has 5 nitrogen and oxygen atoms in total. The summed E-state index contributed by atoms with van der Waals surface area (Å²) in [7, 11) is 0. The highest BCUT2D eigenvalue weighted by atomic mass is 35.5. The van der Waals surface area contributed by atoms with Crippen molar-refractivity contribution in [2.24, 2.45) is 0 Å². The van der Waals surface area contributed by atoms with Crippen LogP contribution in [0.5, 0.6) is 0 Å². The summed E-state index contributed by atoms with van der Waals surface area (Å²) >= 11 is 11.8. The van der Waals surface area contributed by atoms with E-state index < -0.39 is 23.6 Å². The van der Waals surface area contributed by atoms with Crippen molar-refractivity contribution in [2.45, 2.75) is 25.7 Å². The molecular formula is C28H22Cl2F4N4O. The van der Waals surface area contributed by atoms with Gasteiger partial charge in [-0.05, 0) is 53.1 Å². The topological polar surface area (TPSA) is 50.2 Å². The quantitative estimate of drug-likeness (QED) is 0.200. The number of alkyl halides is 3. The minimum atomic E-state index is -4.55. The smallest absolute Gasteiger partial charge is 0.333 e. The molecule has 0 radical (unpaired) electrons. The maximum atomic E-state index is 13.6. The minimum absolute atomic E-state index is 0.0381. The van der Waals surface area contributed by atoms with Crippen molar-refractivity contribution in [2.75, 3.05) is 13.1 Å². The molecular weight excluding hydrogens is 555 g/mol. The molecule has 5 rings (SSSR count). The molecule has 1 N–H and O–H groups in total. The van der Waals surface area contributed by atoms with E-state index in [0.29, 0.717) is 42.7 Å². The van der Waals surface area contributed by atoms with Gasteiger partial charge >= 0.3 is 12.2 Å². The van der Waals surface area contributed by atoms with Gasteiger partial charge in [0.1, 0.15) is 11.0 Å². The van der Waals surface area contributed by atoms with E-state index in [2.05, 4.69) is 15.2 Å². The van der Waals surface area contributed by atoms with E-state index in [1.165, 1.54) is 29.0 Å². The number of halogens is 6. The number of aromatic nitrogens is 2. The van der Waals surface area contributed by atoms with Gasteiger partial charge in [-0.2, -0.15) is 13.2 Å². The molecule has 11 heteroatoms. The van der Waals surface area contributed by atoms with Gasteiger partial charge in [0.25, 0.3) is 0 Å². The van der Waals surface area contributed by atoms with E-state index in [1.807, 2.05) is 12.2 Å². The molecule has 0 spiro atoms. The minimum Gasteiger partial charge on any atom is -0.333 e. The maximum Gasteiger partial charge on any atom is 0.416 e. The molecule has 1 aliphatic rings. The van der Waals surface area contributed by atoms with E-state index in [4.69, 9.17) is 23.2 Å². The Labute approximate surface area is 231 Å². The zero-order valence-electron chi connectivity index (χ0n) is 20.4. The van der Waals surface area contributed by atoms with Crippen LogP contribution in [-0.2, 0) is 25.7 Å². The second-order valence-corrected chi connectivity index (χ2v) is 9.99. The Balaban J connectivity index is 1.42. The lowest BCUT2D eigenvalue weighted by atomic mass is 10.0. The van der Waals surface area contributed by atoms with Crippen LogP contribution in [0.2, 0.25) is 10.2 Å². The highest BCUT2D eigenvalue weighted by Crippen LogP contribution is 2.36. The third kappa shape index (κ3) is 5.95. The molecule has 0 saturated heterocycles. The van der Waals surface area contributed by atoms with Crippen molar-refractivity contribution in [1.82, 2.24) is 19.8 Å². The average Bonchev–Trinajstić information content (AvgIpc) is 3.22. The molecule has 0 atom stereocenters. The first-order valence-electron chi connectivity index (χ1n) is 12.1. The predicted molar refractivity (Wildman–Crippen MR) is 143 cm³/mol. The standard InChI is InChI=1S/C28H22Cl2F4N4O/c29-22-12-17(3-6-23(22)31)2-1-10-37-11-8-24-21(16-37)20-5-4-19(28(32,33)34)14-25(20)38(24)27(39)36-15-18-7-9-35-26(30)13-18/h1-7,9,12-14H,8,10-11,15-16H2,(H,36,39)/b2-1+. The van der Waals surface area contributed by atoms with Crippen LogP contribution in [0.4, 0.5) is 22.4 Å². The Hall–Kier alpha value is -3.40. The maximum absolute atomic E-state index is 13.6. The van der Waals surface area contributed by atoms with Gasteiger partial charge in [-0.1, -0.05) is 47.5 Å². The summed E-state index contributed by atoms with van der Waals surface area (Å²) in [6.07, 6.45) is 1.19. The van der Waals surface area contributed by atoms with E-state index in [9.17, 15) is 22.4 Å². The van der Waals surface area contributed by atoms with Crippen molar-refractivity contribution >= 4 is 46.2 Å². The molecule has 0 aliphatic carbocycles. The number of carbonyl (C=O) groups excluding carboxylic acids is 1. The lowest BCUT2D eigenvalue weighted by molar-refractivity contribution is -0.137. The van der Waals surface area contributed by atoms with Crippen molar-refractivity contribution in [1.29, 1.82) is 0 Å². The zero-order valence-corrected chi connectivity index (χ0v) is 21.9. The summed E-state index contributed by atoms with van der Waals surface area (Å²) in [5, 5.41) is 3.70. The number of nitrogens with zero attached hydrogens (tertiary/aromatic N) is 3. The highest BCUT2D eigenvalue weighted by Gasteiger charge is 2.33. The molecule has 0 bridgehead atoms. The Bertz CT molecular complexity index is 1580. The van der Waals surface area contributed by atoms with E-state index in [1.54, 1.807) is 18.2 Å². The first-order chi connectivity index (χ1) is 18.6. The number of carbonyl (C=O) groups is 1. The fourth-order valence-electron chi connectivity index (χ4n) is 4.74. The van der Waals surface area contributed by atoms with Crippen molar-refractivity contribution in [3.05, 3.63) is 105 Å². The Morgan fingerprint density at radius 3 is 2.67 bits per heavy atom. The number of nitrogens with one attached hydrogen (secondary N) is 1. The van der Waals surface area contributed by atoms with Crippen molar-refractivity contribution < 1.29 is 22.4 Å². The van der Waals surface area contributed by atoms with Gasteiger partial charge < -0.3 is 5.32 Å². The summed E-state index contributed by atoms with van der Waals surface area (Å²) < 4.78 is 55.4. The summed E-state index contributed by atoms with van der Waals surface area (Å²) in [5.41, 5.74) is 2.34. The van der Waals surface area contributed by atoms with Crippen LogP contribution >= 0.6 is 23.2 Å². The zero-order chi connectivity index (χ0) is 27.7. The first-order valence-corrected chi connectivity index (χ1v) is 12.8. The van der Waals surface area contributed by atoms with Crippen LogP contribution in [0.25, 0.3) is 17.0 Å². The molecule has 1 aliphatic heterocycles. The molecule has 4 aromatic rings. The second-order valence-electron chi connectivity index (χ2n) is 9.20. The third-order valence-electron chi connectivity index (χ3n) is 6.61. The molecule has 0 saturated carbocycles. The van der Waals surface area contributed by atoms with Gasteiger partial charge in [0, 0.05) is 49.9 Å². The number of amides is 1. The molecule has 2 aromatic carbocycles. The number of fused-ring (bicyclic) bond motifs is 3. The van der Waals surface area contributed by atoms with Gasteiger partial charge in [0.2, 0.25) is 0 Å². The second kappa shape index (κ2) is 11.0. The van der Waals surface area contributed by atoms with Crippen LogP contribution in [0.3, 0.4) is 0 Å². The Morgan fingerprint density at radius 1 is 1.10 bits per heavy atom. The number of hydrogen-bond donors (Lipinski definition) is 1. The van der Waals surface area contributed by atoms with E-state index >= 15 is 0 Å². The van der Waals surface area contributed by atoms with E-state index in [0.717, 1.165) is 23.3 Å². The molecule has 0 fully saturated rings. The monoisotopic (exact) mass is 576 g/mol. The first kappa shape index (κ1) is 27.2. The van der Waals surface area contributed by atoms with Gasteiger partial charge in [-0.3, -0.25) is 9.47 Å². The molecule has 202 valence electrons. The van der Waals surface area contributed by atoms with Gasteiger partial charge in [0.05, 0.1) is 16.1 Å². The van der Waals surface area contributed by atoms with Gasteiger partial charge in [0.15, 0.2) is 0 Å². The number of pyridine rings is 1. The molecule has 0 unspecified atom stereocenters. The highest BCUT2D eigenvalue weighted by molar-refractivity contribution is 6.30. The fourth-order valence-corrected chi connectivity index (χ4v) is 5.13. The summed E-state index contributed by atoms with van der Waals surface area (Å²) in [4.78, 5) is 19.4. The van der Waals surface area contributed by atoms with Crippen LogP contribution in [0, 0.1) is 5.82 Å². The summed E-state index contributed by atoms with van der Waals surface area (Å²) in [6, 6.07) is 10.7. The molecule has 3 heterocycles. The van der Waals surface area contributed by atoms with Crippen molar-refractivity contribution in [3.8, 4) is 0 Å². The average molecular weight is 577 g/mol. The normalized spacial score (nSPS) is 14.2. The Morgan fingerprint density at radius 2 is 1.92 bits per heavy atom. The molecule has 39 heavy (non-hydrogen) atoms. The van der Waals surface area contributed by atoms with Crippen molar-refractivity contribution in [3.63, 3.8) is 0 Å². The predicted octanol–water partition coefficient (Wildman–Crippen LogP) is 7.33. The lowest BCUT2D eigenvalue weighted by Crippen LogP contribution is -2.34. The summed E-state index contributed by atoms with van der Waals surface area (Å²) in [5.74, 6) is -0.490. The van der Waals surface area contributed by atoms with Gasteiger partial charge in [-0.25, -0.2) is 14.2 Å². The lowest BCUT2D eigenvalue weighted by Gasteiger charge is -2.27. The number of hydrogen-bond acceptors (Lipinski definition) is 3. The van der Waals surface area contributed by atoms with Crippen LogP contribution < -0.4 is 5.32 Å². The molecule has 2 aromatic heterocycles. The van der Waals surface area contributed by atoms with Crippen LogP contribution in [0.1, 0.15) is 27.9 Å². The van der Waals surface area contributed by atoms with Crippen LogP contribution in [0.15, 0.2) is 60.8 Å². The third-order valence-corrected chi connectivity index (χ3v) is 7.11. The summed E-state index contributed by atoms with van der Waals surface area (Å²) in [6.45, 7) is 1.73. The Kier molecular flexibility index (Phi) is 7.66.